The summed E-state index contributed by atoms with van der Waals surface area (Å²) in [5, 5.41) is 0. The molecule has 23 heavy (non-hydrogen) atoms. The highest BCUT2D eigenvalue weighted by Gasteiger charge is 2.27. The summed E-state index contributed by atoms with van der Waals surface area (Å²) in [4.78, 5) is 3.45. The highest BCUT2D eigenvalue weighted by atomic mass is 32.2. The van der Waals surface area contributed by atoms with Crippen LogP contribution in [-0.2, 0) is 13.0 Å². The molecule has 1 aliphatic rings. The second-order valence-corrected chi connectivity index (χ2v) is 6.81. The third-order valence-corrected chi connectivity index (χ3v) is 5.37. The zero-order valence-electron chi connectivity index (χ0n) is 13.8. The number of ether oxygens (including phenoxy) is 1. The molecule has 0 spiro atoms. The first kappa shape index (κ1) is 16.3. The van der Waals surface area contributed by atoms with Crippen LogP contribution in [0.15, 0.2) is 41.3 Å². The quantitative estimate of drug-likeness (QED) is 0.739. The zero-order valence-corrected chi connectivity index (χ0v) is 14.6. The van der Waals surface area contributed by atoms with E-state index in [2.05, 4.69) is 36.2 Å². The van der Waals surface area contributed by atoms with Crippen molar-refractivity contribution in [2.75, 3.05) is 20.4 Å². The van der Waals surface area contributed by atoms with E-state index in [1.807, 2.05) is 12.3 Å². The monoisotopic (exact) mass is 331 g/mol. The first-order valence-corrected chi connectivity index (χ1v) is 9.05. The largest absolute Gasteiger partial charge is 0.496 e. The predicted octanol–water partition coefficient (Wildman–Crippen LogP) is 4.68. The first-order valence-electron chi connectivity index (χ1n) is 7.82. The van der Waals surface area contributed by atoms with Gasteiger partial charge in [0.05, 0.1) is 7.11 Å². The zero-order chi connectivity index (χ0) is 16.4. The van der Waals surface area contributed by atoms with E-state index in [4.69, 9.17) is 4.74 Å². The molecule has 0 amide bonds. The molecule has 0 radical (unpaired) electrons. The Morgan fingerprint density at radius 2 is 2.13 bits per heavy atom. The second-order valence-electron chi connectivity index (χ2n) is 5.97. The first-order chi connectivity index (χ1) is 11.1. The number of thioether (sulfide) groups is 1. The van der Waals surface area contributed by atoms with Gasteiger partial charge in [-0.2, -0.15) is 0 Å². The van der Waals surface area contributed by atoms with Crippen LogP contribution in [0.4, 0.5) is 4.39 Å². The molecule has 0 aromatic heterocycles. The minimum Gasteiger partial charge on any atom is -0.496 e. The molecule has 3 rings (SSSR count). The lowest BCUT2D eigenvalue weighted by molar-refractivity contribution is 0.235. The number of hydrogen-bond acceptors (Lipinski definition) is 3. The molecule has 4 heteroatoms. The van der Waals surface area contributed by atoms with E-state index in [1.54, 1.807) is 24.9 Å². The van der Waals surface area contributed by atoms with Crippen LogP contribution in [0.2, 0.25) is 0 Å². The van der Waals surface area contributed by atoms with E-state index in [9.17, 15) is 4.39 Å². The lowest BCUT2D eigenvalue weighted by atomic mass is 10.1. The van der Waals surface area contributed by atoms with Crippen molar-refractivity contribution < 1.29 is 9.13 Å². The summed E-state index contributed by atoms with van der Waals surface area (Å²) in [6, 6.07) is 12.1. The van der Waals surface area contributed by atoms with Gasteiger partial charge < -0.3 is 4.74 Å². The van der Waals surface area contributed by atoms with Gasteiger partial charge >= 0.3 is 0 Å². The SMILES string of the molecule is COc1cc(CN(C)[C@H]2CCc3c(F)cccc32)ccc1SC. The molecule has 2 aromatic carbocycles. The highest BCUT2D eigenvalue weighted by Crippen LogP contribution is 2.37. The number of rotatable bonds is 5. The molecule has 0 N–H and O–H groups in total. The predicted molar refractivity (Wildman–Crippen MR) is 93.7 cm³/mol. The van der Waals surface area contributed by atoms with Crippen molar-refractivity contribution in [3.05, 3.63) is 58.9 Å². The minimum atomic E-state index is -0.0654. The van der Waals surface area contributed by atoms with Crippen LogP contribution in [-0.4, -0.2) is 25.3 Å². The van der Waals surface area contributed by atoms with Crippen molar-refractivity contribution >= 4 is 11.8 Å². The maximum absolute atomic E-state index is 13.9. The number of hydrogen-bond donors (Lipinski definition) is 0. The molecule has 0 unspecified atom stereocenters. The van der Waals surface area contributed by atoms with Gasteiger partial charge in [0.15, 0.2) is 0 Å². The number of methoxy groups -OCH3 is 1. The van der Waals surface area contributed by atoms with E-state index in [0.29, 0.717) is 0 Å². The topological polar surface area (TPSA) is 12.5 Å². The molecule has 1 aliphatic carbocycles. The average molecular weight is 331 g/mol. The van der Waals surface area contributed by atoms with Gasteiger partial charge in [-0.25, -0.2) is 4.39 Å². The van der Waals surface area contributed by atoms with Crippen molar-refractivity contribution in [3.8, 4) is 5.75 Å². The molecule has 0 fully saturated rings. The number of fused-ring (bicyclic) bond motifs is 1. The Bertz CT molecular complexity index is 704. The van der Waals surface area contributed by atoms with Gasteiger partial charge in [-0.1, -0.05) is 18.2 Å². The summed E-state index contributed by atoms with van der Waals surface area (Å²) in [6.07, 6.45) is 3.85. The molecule has 2 aromatic rings. The lowest BCUT2D eigenvalue weighted by Crippen LogP contribution is -2.22. The summed E-state index contributed by atoms with van der Waals surface area (Å²) < 4.78 is 19.4. The number of benzene rings is 2. The maximum atomic E-state index is 13.9. The molecule has 122 valence electrons. The molecular formula is C19H22FNOS. The average Bonchev–Trinajstić information content (AvgIpc) is 3.00. The normalized spacial score (nSPS) is 16.7. The molecule has 0 saturated heterocycles. The summed E-state index contributed by atoms with van der Waals surface area (Å²) in [5.41, 5.74) is 3.24. The second kappa shape index (κ2) is 6.93. The summed E-state index contributed by atoms with van der Waals surface area (Å²) in [7, 11) is 3.82. The van der Waals surface area contributed by atoms with Crippen LogP contribution in [0.25, 0.3) is 0 Å². The van der Waals surface area contributed by atoms with E-state index < -0.39 is 0 Å². The fourth-order valence-electron chi connectivity index (χ4n) is 3.42. The molecule has 1 atom stereocenters. The molecule has 0 aliphatic heterocycles. The maximum Gasteiger partial charge on any atom is 0.132 e. The van der Waals surface area contributed by atoms with Crippen LogP contribution in [0.3, 0.4) is 0 Å². The molecule has 0 heterocycles. The third-order valence-electron chi connectivity index (χ3n) is 4.59. The minimum absolute atomic E-state index is 0.0654. The molecule has 0 saturated carbocycles. The number of halogens is 1. The Hall–Kier alpha value is -1.52. The van der Waals surface area contributed by atoms with Crippen molar-refractivity contribution in [2.24, 2.45) is 0 Å². The summed E-state index contributed by atoms with van der Waals surface area (Å²) in [5.74, 6) is 0.852. The molecule has 2 nitrogen and oxygen atoms in total. The lowest BCUT2D eigenvalue weighted by Gasteiger charge is -2.25. The van der Waals surface area contributed by atoms with Crippen LogP contribution >= 0.6 is 11.8 Å². The standard InChI is InChI=1S/C19H22FNOS/c1-21(12-13-7-10-19(23-3)18(11-13)22-2)17-9-8-14-15(17)5-4-6-16(14)20/h4-7,10-11,17H,8-9,12H2,1-3H3/t17-/m0/s1. The number of nitrogens with zero attached hydrogens (tertiary/aromatic N) is 1. The Balaban J connectivity index is 1.79. The van der Waals surface area contributed by atoms with Crippen molar-refractivity contribution in [3.63, 3.8) is 0 Å². The van der Waals surface area contributed by atoms with E-state index in [1.165, 1.54) is 5.56 Å². The fourth-order valence-corrected chi connectivity index (χ4v) is 3.97. The van der Waals surface area contributed by atoms with Crippen LogP contribution in [0.1, 0.15) is 29.2 Å². The van der Waals surface area contributed by atoms with Crippen LogP contribution < -0.4 is 4.74 Å². The van der Waals surface area contributed by atoms with Crippen molar-refractivity contribution in [1.29, 1.82) is 0 Å². The Morgan fingerprint density at radius 1 is 1.30 bits per heavy atom. The highest BCUT2D eigenvalue weighted by molar-refractivity contribution is 7.98. The van der Waals surface area contributed by atoms with Crippen LogP contribution in [0, 0.1) is 5.82 Å². The van der Waals surface area contributed by atoms with Gasteiger partial charge in [-0.3, -0.25) is 4.90 Å². The third kappa shape index (κ3) is 3.24. The van der Waals surface area contributed by atoms with Gasteiger partial charge in [0.2, 0.25) is 0 Å². The van der Waals surface area contributed by atoms with Gasteiger partial charge in [-0.15, -0.1) is 11.8 Å². The van der Waals surface area contributed by atoms with Crippen molar-refractivity contribution in [2.45, 2.75) is 30.3 Å². The van der Waals surface area contributed by atoms with E-state index in [0.717, 1.165) is 41.2 Å². The van der Waals surface area contributed by atoms with Crippen LogP contribution in [0.5, 0.6) is 5.75 Å². The van der Waals surface area contributed by atoms with E-state index >= 15 is 0 Å². The van der Waals surface area contributed by atoms with Gasteiger partial charge in [0.1, 0.15) is 11.6 Å². The Morgan fingerprint density at radius 3 is 2.87 bits per heavy atom. The van der Waals surface area contributed by atoms with E-state index in [-0.39, 0.29) is 11.9 Å². The van der Waals surface area contributed by atoms with Crippen molar-refractivity contribution in [1.82, 2.24) is 4.90 Å². The molecular weight excluding hydrogens is 309 g/mol. The van der Waals surface area contributed by atoms with Gasteiger partial charge in [0.25, 0.3) is 0 Å². The van der Waals surface area contributed by atoms with Gasteiger partial charge in [-0.05, 0) is 61.0 Å². The van der Waals surface area contributed by atoms with Gasteiger partial charge in [0, 0.05) is 17.5 Å². The molecule has 0 bridgehead atoms. The summed E-state index contributed by atoms with van der Waals surface area (Å²) in [6.45, 7) is 0.825. The fraction of sp³-hybridized carbons (Fsp3) is 0.368. The smallest absolute Gasteiger partial charge is 0.132 e. The Labute approximate surface area is 141 Å². The summed E-state index contributed by atoms with van der Waals surface area (Å²) >= 11 is 1.68. The Kier molecular flexibility index (Phi) is 4.93.